The molecule has 0 amide bonds. The van der Waals surface area contributed by atoms with E-state index in [4.69, 9.17) is 15.2 Å². The molecule has 1 aromatic carbocycles. The fraction of sp³-hybridized carbons (Fsp3) is 0.267. The van der Waals surface area contributed by atoms with Crippen molar-refractivity contribution in [1.82, 2.24) is 4.98 Å². The molecule has 0 saturated carbocycles. The van der Waals surface area contributed by atoms with Crippen LogP contribution in [0.2, 0.25) is 0 Å². The Morgan fingerprint density at radius 3 is 2.75 bits per heavy atom. The van der Waals surface area contributed by atoms with Crippen LogP contribution in [0.25, 0.3) is 0 Å². The van der Waals surface area contributed by atoms with Gasteiger partial charge in [-0.3, -0.25) is 0 Å². The molecule has 2 aromatic rings. The summed E-state index contributed by atoms with van der Waals surface area (Å²) < 4.78 is 11.3. The Bertz CT molecular complexity index is 631. The van der Waals surface area contributed by atoms with Crippen molar-refractivity contribution in [2.45, 2.75) is 23.3 Å². The van der Waals surface area contributed by atoms with Gasteiger partial charge >= 0.3 is 0 Å². The van der Waals surface area contributed by atoms with E-state index in [2.05, 4.69) is 4.98 Å². The number of nitrogens with two attached hydrogens (primary N) is 1. The third-order valence-corrected chi connectivity index (χ3v) is 3.99. The Hall–Kier alpha value is -1.88. The van der Waals surface area contributed by atoms with E-state index in [0.717, 1.165) is 33.4 Å². The lowest BCUT2D eigenvalue weighted by Gasteiger charge is -2.09. The number of benzene rings is 1. The van der Waals surface area contributed by atoms with Crippen LogP contribution in [0.4, 0.5) is 5.69 Å². The number of aryl methyl sites for hydroxylation is 1. The average Bonchev–Trinajstić information content (AvgIpc) is 2.68. The smallest absolute Gasteiger partial charge is 0.162 e. The Balaban J connectivity index is 1.83. The molecule has 1 aliphatic rings. The highest BCUT2D eigenvalue weighted by atomic mass is 32.2. The largest absolute Gasteiger partial charge is 0.490 e. The number of anilines is 1. The van der Waals surface area contributed by atoms with Crippen LogP contribution in [0, 0.1) is 6.92 Å². The van der Waals surface area contributed by atoms with E-state index >= 15 is 0 Å². The van der Waals surface area contributed by atoms with Gasteiger partial charge in [-0.1, -0.05) is 11.8 Å². The molecule has 104 valence electrons. The molecule has 5 heteroatoms. The van der Waals surface area contributed by atoms with Crippen LogP contribution in [0.5, 0.6) is 11.5 Å². The van der Waals surface area contributed by atoms with Crippen LogP contribution in [0.1, 0.15) is 12.0 Å². The first-order chi connectivity index (χ1) is 9.72. The summed E-state index contributed by atoms with van der Waals surface area (Å²) in [5, 5.41) is 0.922. The predicted molar refractivity (Wildman–Crippen MR) is 79.6 cm³/mol. The maximum absolute atomic E-state index is 5.78. The molecule has 0 bridgehead atoms. The molecule has 0 atom stereocenters. The molecular weight excluding hydrogens is 272 g/mol. The highest BCUT2D eigenvalue weighted by Gasteiger charge is 2.11. The first kappa shape index (κ1) is 13.1. The van der Waals surface area contributed by atoms with Gasteiger partial charge in [-0.15, -0.1) is 0 Å². The van der Waals surface area contributed by atoms with Crippen LogP contribution in [0.3, 0.4) is 0 Å². The van der Waals surface area contributed by atoms with Crippen LogP contribution >= 0.6 is 11.8 Å². The van der Waals surface area contributed by atoms with Gasteiger partial charge in [-0.25, -0.2) is 4.98 Å². The van der Waals surface area contributed by atoms with E-state index in [1.165, 1.54) is 0 Å². The van der Waals surface area contributed by atoms with Crippen molar-refractivity contribution >= 4 is 17.4 Å². The monoisotopic (exact) mass is 288 g/mol. The number of rotatable bonds is 2. The van der Waals surface area contributed by atoms with Gasteiger partial charge in [-0.05, 0) is 36.8 Å². The van der Waals surface area contributed by atoms with Crippen LogP contribution in [-0.4, -0.2) is 18.2 Å². The highest BCUT2D eigenvalue weighted by Crippen LogP contribution is 2.36. The molecule has 0 saturated heterocycles. The molecule has 0 aliphatic carbocycles. The summed E-state index contributed by atoms with van der Waals surface area (Å²) in [4.78, 5) is 5.41. The lowest BCUT2D eigenvalue weighted by atomic mass is 10.3. The number of fused-ring (bicyclic) bond motifs is 1. The molecule has 2 N–H and O–H groups in total. The van der Waals surface area contributed by atoms with E-state index in [1.54, 1.807) is 18.0 Å². The van der Waals surface area contributed by atoms with Gasteiger partial charge in [0.05, 0.1) is 25.1 Å². The van der Waals surface area contributed by atoms with Crippen molar-refractivity contribution in [3.63, 3.8) is 0 Å². The van der Waals surface area contributed by atoms with Gasteiger partial charge in [0.2, 0.25) is 0 Å². The minimum absolute atomic E-state index is 0.695. The number of aromatic nitrogens is 1. The van der Waals surface area contributed by atoms with Crippen molar-refractivity contribution in [3.05, 3.63) is 36.0 Å². The van der Waals surface area contributed by atoms with Gasteiger partial charge in [-0.2, -0.15) is 0 Å². The summed E-state index contributed by atoms with van der Waals surface area (Å²) in [6.45, 7) is 3.38. The Kier molecular flexibility index (Phi) is 3.69. The van der Waals surface area contributed by atoms with E-state index in [1.807, 2.05) is 31.2 Å². The molecule has 3 rings (SSSR count). The lowest BCUT2D eigenvalue weighted by molar-refractivity contribution is 0.297. The van der Waals surface area contributed by atoms with Crippen molar-refractivity contribution in [2.75, 3.05) is 18.9 Å². The molecule has 1 aliphatic heterocycles. The van der Waals surface area contributed by atoms with Crippen molar-refractivity contribution in [1.29, 1.82) is 0 Å². The highest BCUT2D eigenvalue weighted by molar-refractivity contribution is 7.99. The first-order valence-electron chi connectivity index (χ1n) is 6.52. The Morgan fingerprint density at radius 1 is 1.15 bits per heavy atom. The van der Waals surface area contributed by atoms with Gasteiger partial charge in [0.1, 0.15) is 5.03 Å². The molecule has 4 nitrogen and oxygen atoms in total. The Morgan fingerprint density at radius 2 is 1.95 bits per heavy atom. The molecule has 0 fully saturated rings. The lowest BCUT2D eigenvalue weighted by Crippen LogP contribution is -1.97. The van der Waals surface area contributed by atoms with Gasteiger partial charge in [0.25, 0.3) is 0 Å². The van der Waals surface area contributed by atoms with Gasteiger partial charge < -0.3 is 15.2 Å². The number of hydrogen-bond acceptors (Lipinski definition) is 5. The predicted octanol–water partition coefficient (Wildman–Crippen LogP) is 3.28. The standard InChI is InChI=1S/C15H16N2O2S/c1-10-7-15(17-9-12(10)16)20-11-3-4-13-14(8-11)19-6-2-5-18-13/h3-4,7-9H,2,5-6,16H2,1H3. The second kappa shape index (κ2) is 5.63. The number of nitrogens with zero attached hydrogens (tertiary/aromatic N) is 1. The number of hydrogen-bond donors (Lipinski definition) is 1. The fourth-order valence-corrected chi connectivity index (χ4v) is 2.81. The molecular formula is C15H16N2O2S. The molecule has 2 heterocycles. The van der Waals surface area contributed by atoms with E-state index in [9.17, 15) is 0 Å². The molecule has 0 unspecified atom stereocenters. The maximum Gasteiger partial charge on any atom is 0.162 e. The van der Waals surface area contributed by atoms with Crippen molar-refractivity contribution in [3.8, 4) is 11.5 Å². The van der Waals surface area contributed by atoms with Crippen molar-refractivity contribution in [2.24, 2.45) is 0 Å². The topological polar surface area (TPSA) is 57.4 Å². The average molecular weight is 288 g/mol. The van der Waals surface area contributed by atoms with Gasteiger partial charge in [0.15, 0.2) is 11.5 Å². The summed E-state index contributed by atoms with van der Waals surface area (Å²) in [6, 6.07) is 7.96. The maximum atomic E-state index is 5.78. The second-order valence-corrected chi connectivity index (χ2v) is 5.73. The normalized spacial score (nSPS) is 13.8. The SMILES string of the molecule is Cc1cc(Sc2ccc3c(c2)OCCCO3)ncc1N. The van der Waals surface area contributed by atoms with Crippen LogP contribution in [-0.2, 0) is 0 Å². The zero-order valence-electron chi connectivity index (χ0n) is 11.3. The second-order valence-electron chi connectivity index (χ2n) is 4.64. The zero-order valence-corrected chi connectivity index (χ0v) is 12.1. The van der Waals surface area contributed by atoms with E-state index in [-0.39, 0.29) is 0 Å². The third kappa shape index (κ3) is 2.82. The van der Waals surface area contributed by atoms with E-state index < -0.39 is 0 Å². The first-order valence-corrected chi connectivity index (χ1v) is 7.33. The number of nitrogen functional groups attached to an aromatic ring is 1. The fourth-order valence-electron chi connectivity index (χ4n) is 1.92. The molecule has 1 aromatic heterocycles. The zero-order chi connectivity index (χ0) is 13.9. The van der Waals surface area contributed by atoms with Crippen molar-refractivity contribution < 1.29 is 9.47 Å². The Labute approximate surface area is 122 Å². The van der Waals surface area contributed by atoms with Crippen LogP contribution in [0.15, 0.2) is 40.4 Å². The summed E-state index contributed by atoms with van der Waals surface area (Å²) in [5.74, 6) is 1.62. The summed E-state index contributed by atoms with van der Waals surface area (Å²) in [5.41, 5.74) is 7.54. The minimum atomic E-state index is 0.695. The van der Waals surface area contributed by atoms with E-state index in [0.29, 0.717) is 18.9 Å². The third-order valence-electron chi connectivity index (χ3n) is 3.07. The van der Waals surface area contributed by atoms with Crippen LogP contribution < -0.4 is 15.2 Å². The van der Waals surface area contributed by atoms with Gasteiger partial charge in [0, 0.05) is 11.3 Å². The quantitative estimate of drug-likeness (QED) is 0.919. The molecule has 20 heavy (non-hydrogen) atoms. The molecule has 0 spiro atoms. The summed E-state index contributed by atoms with van der Waals surface area (Å²) >= 11 is 1.59. The number of ether oxygens (including phenoxy) is 2. The summed E-state index contributed by atoms with van der Waals surface area (Å²) in [6.07, 6.45) is 2.61. The number of pyridine rings is 1. The summed E-state index contributed by atoms with van der Waals surface area (Å²) in [7, 11) is 0. The minimum Gasteiger partial charge on any atom is -0.490 e. The molecule has 0 radical (unpaired) electrons.